The van der Waals surface area contributed by atoms with Gasteiger partial charge in [-0.05, 0) is 31.7 Å². The fourth-order valence-corrected chi connectivity index (χ4v) is 3.59. The predicted molar refractivity (Wildman–Crippen MR) is 65.8 cm³/mol. The van der Waals surface area contributed by atoms with Gasteiger partial charge in [-0.3, -0.25) is 0 Å². The lowest BCUT2D eigenvalue weighted by atomic mass is 10.9. The molecule has 0 amide bonds. The molecule has 0 N–H and O–H groups in total. The molecule has 13 heavy (non-hydrogen) atoms. The highest BCUT2D eigenvalue weighted by Crippen LogP contribution is 2.11. The molecule has 0 unspecified atom stereocenters. The molecule has 0 aliphatic carbocycles. The Morgan fingerprint density at radius 2 is 1.23 bits per heavy atom. The summed E-state index contributed by atoms with van der Waals surface area (Å²) in [6, 6.07) is 0. The lowest BCUT2D eigenvalue weighted by Crippen LogP contribution is -2.48. The Kier molecular flexibility index (Phi) is 11.4. The van der Waals surface area contributed by atoms with Gasteiger partial charge in [0.25, 0.3) is 0 Å². The van der Waals surface area contributed by atoms with Crippen LogP contribution in [0.2, 0.25) is 0 Å². The van der Waals surface area contributed by atoms with Crippen LogP contribution in [0.3, 0.4) is 0 Å². The van der Waals surface area contributed by atoms with Crippen molar-refractivity contribution in [3.63, 3.8) is 0 Å². The standard InChI is InChI=1S/C7H18O3SSi.H4Si/c1-4-8-12(7-11,9-5-2)10-6-3;/h11H,4-7H2,1-3H3;1H4. The lowest BCUT2D eigenvalue weighted by molar-refractivity contribution is 0.0774. The van der Waals surface area contributed by atoms with Gasteiger partial charge in [-0.15, -0.1) is 0 Å². The van der Waals surface area contributed by atoms with Gasteiger partial charge in [-0.25, -0.2) is 0 Å². The van der Waals surface area contributed by atoms with E-state index in [1.54, 1.807) is 0 Å². The van der Waals surface area contributed by atoms with Crippen LogP contribution >= 0.6 is 12.6 Å². The molecule has 0 aliphatic rings. The molecule has 0 fully saturated rings. The third kappa shape index (κ3) is 5.87. The van der Waals surface area contributed by atoms with E-state index in [0.29, 0.717) is 25.2 Å². The van der Waals surface area contributed by atoms with Crippen LogP contribution in [0, 0.1) is 0 Å². The minimum Gasteiger partial charge on any atom is -0.373 e. The zero-order valence-corrected chi connectivity index (χ0v) is 9.89. The Morgan fingerprint density at radius 3 is 1.38 bits per heavy atom. The van der Waals surface area contributed by atoms with E-state index in [4.69, 9.17) is 13.3 Å². The van der Waals surface area contributed by atoms with Gasteiger partial charge >= 0.3 is 8.80 Å². The second-order valence-corrected chi connectivity index (χ2v) is 5.64. The topological polar surface area (TPSA) is 27.7 Å². The number of thiol groups is 1. The van der Waals surface area contributed by atoms with Crippen molar-refractivity contribution >= 4 is 32.4 Å². The third-order valence-corrected chi connectivity index (χ3v) is 5.02. The minimum absolute atomic E-state index is 0. The maximum atomic E-state index is 5.48. The molecular weight excluding hydrogens is 220 g/mol. The highest BCUT2D eigenvalue weighted by Gasteiger charge is 2.38. The van der Waals surface area contributed by atoms with Gasteiger partial charge in [0.2, 0.25) is 0 Å². The van der Waals surface area contributed by atoms with E-state index >= 15 is 0 Å². The molecular formula is C7H22O3SSi2. The first-order valence-corrected chi connectivity index (χ1v) is 6.83. The highest BCUT2D eigenvalue weighted by atomic mass is 32.1. The molecule has 82 valence electrons. The molecule has 0 radical (unpaired) electrons. The van der Waals surface area contributed by atoms with Crippen LogP contribution in [-0.4, -0.2) is 45.0 Å². The van der Waals surface area contributed by atoms with Crippen LogP contribution in [0.1, 0.15) is 20.8 Å². The minimum atomic E-state index is -2.41. The maximum Gasteiger partial charge on any atom is 0.511 e. The van der Waals surface area contributed by atoms with Crippen LogP contribution < -0.4 is 0 Å². The fraction of sp³-hybridized carbons (Fsp3) is 1.00. The Labute approximate surface area is 91.9 Å². The molecule has 0 saturated heterocycles. The van der Waals surface area contributed by atoms with Gasteiger partial charge in [0.05, 0.1) is 5.38 Å². The second kappa shape index (κ2) is 9.23. The zero-order valence-electron chi connectivity index (χ0n) is 8.00. The Bertz CT molecular complexity index is 98.9. The summed E-state index contributed by atoms with van der Waals surface area (Å²) in [4.78, 5) is 0. The molecule has 0 aromatic heterocycles. The molecule has 6 heteroatoms. The summed E-state index contributed by atoms with van der Waals surface area (Å²) in [5, 5.41) is 0.544. The summed E-state index contributed by atoms with van der Waals surface area (Å²) in [5.74, 6) is 0. The van der Waals surface area contributed by atoms with E-state index in [-0.39, 0.29) is 11.0 Å². The third-order valence-electron chi connectivity index (χ3n) is 1.29. The van der Waals surface area contributed by atoms with Crippen molar-refractivity contribution in [1.29, 1.82) is 0 Å². The highest BCUT2D eigenvalue weighted by molar-refractivity contribution is 7.82. The van der Waals surface area contributed by atoms with Crippen molar-refractivity contribution in [1.82, 2.24) is 0 Å². The van der Waals surface area contributed by atoms with E-state index in [1.807, 2.05) is 20.8 Å². The smallest absolute Gasteiger partial charge is 0.373 e. The van der Waals surface area contributed by atoms with Crippen molar-refractivity contribution in [2.45, 2.75) is 20.8 Å². The number of hydrogen-bond acceptors (Lipinski definition) is 4. The van der Waals surface area contributed by atoms with Crippen molar-refractivity contribution in [3.8, 4) is 0 Å². The summed E-state index contributed by atoms with van der Waals surface area (Å²) in [7, 11) is -2.41. The first-order valence-electron chi connectivity index (χ1n) is 4.27. The molecule has 0 aromatic rings. The van der Waals surface area contributed by atoms with E-state index < -0.39 is 8.80 Å². The Hall–Kier alpha value is 0.664. The monoisotopic (exact) mass is 242 g/mol. The van der Waals surface area contributed by atoms with Crippen LogP contribution in [0.5, 0.6) is 0 Å². The van der Waals surface area contributed by atoms with Crippen molar-refractivity contribution in [3.05, 3.63) is 0 Å². The predicted octanol–water partition coefficient (Wildman–Crippen LogP) is 0.0522. The molecule has 0 heterocycles. The first-order chi connectivity index (χ1) is 5.74. The van der Waals surface area contributed by atoms with Crippen molar-refractivity contribution in [2.75, 3.05) is 25.2 Å². The van der Waals surface area contributed by atoms with Gasteiger partial charge < -0.3 is 13.3 Å². The molecule has 0 aliphatic heterocycles. The Balaban J connectivity index is 0. The van der Waals surface area contributed by atoms with Gasteiger partial charge in [-0.1, -0.05) is 0 Å². The molecule has 0 rings (SSSR count). The Morgan fingerprint density at radius 1 is 0.923 bits per heavy atom. The summed E-state index contributed by atoms with van der Waals surface area (Å²) < 4.78 is 16.4. The van der Waals surface area contributed by atoms with Crippen molar-refractivity contribution in [2.24, 2.45) is 0 Å². The molecule has 0 bridgehead atoms. The van der Waals surface area contributed by atoms with Gasteiger partial charge in [0.15, 0.2) is 0 Å². The van der Waals surface area contributed by atoms with Crippen LogP contribution in [0.15, 0.2) is 0 Å². The van der Waals surface area contributed by atoms with Crippen molar-refractivity contribution < 1.29 is 13.3 Å². The van der Waals surface area contributed by atoms with E-state index in [1.165, 1.54) is 0 Å². The van der Waals surface area contributed by atoms with Gasteiger partial charge in [-0.2, -0.15) is 12.6 Å². The molecule has 0 saturated carbocycles. The van der Waals surface area contributed by atoms with Crippen LogP contribution in [0.25, 0.3) is 0 Å². The number of rotatable bonds is 7. The average Bonchev–Trinajstić information content (AvgIpc) is 2.06. The molecule has 3 nitrogen and oxygen atoms in total. The van der Waals surface area contributed by atoms with Crippen LogP contribution in [-0.2, 0) is 13.3 Å². The van der Waals surface area contributed by atoms with E-state index in [2.05, 4.69) is 12.6 Å². The quantitative estimate of drug-likeness (QED) is 0.505. The second-order valence-electron chi connectivity index (χ2n) is 2.14. The largest absolute Gasteiger partial charge is 0.511 e. The van der Waals surface area contributed by atoms with Gasteiger partial charge in [0, 0.05) is 19.8 Å². The molecule has 0 spiro atoms. The molecule has 0 atom stereocenters. The SMILES string of the molecule is CCO[Si](CS)(OCC)OCC.[SiH4]. The summed E-state index contributed by atoms with van der Waals surface area (Å²) in [6.45, 7) is 7.65. The summed E-state index contributed by atoms with van der Waals surface area (Å²) in [5.41, 5.74) is 0. The van der Waals surface area contributed by atoms with E-state index in [9.17, 15) is 0 Å². The number of hydrogen-bond donors (Lipinski definition) is 1. The van der Waals surface area contributed by atoms with Crippen LogP contribution in [0.4, 0.5) is 0 Å². The average molecular weight is 242 g/mol. The van der Waals surface area contributed by atoms with Gasteiger partial charge in [0.1, 0.15) is 0 Å². The normalized spacial score (nSPS) is 11.1. The first kappa shape index (κ1) is 16.1. The summed E-state index contributed by atoms with van der Waals surface area (Å²) in [6.07, 6.45) is 0. The summed E-state index contributed by atoms with van der Waals surface area (Å²) >= 11 is 4.19. The lowest BCUT2D eigenvalue weighted by Gasteiger charge is -2.26. The molecule has 0 aromatic carbocycles. The van der Waals surface area contributed by atoms with E-state index in [0.717, 1.165) is 0 Å². The maximum absolute atomic E-state index is 5.48. The fourth-order valence-electron chi connectivity index (χ4n) is 0.922. The zero-order chi connectivity index (χ0) is 9.45.